The van der Waals surface area contributed by atoms with Crippen molar-refractivity contribution in [1.82, 2.24) is 14.7 Å². The third kappa shape index (κ3) is 4.05. The van der Waals surface area contributed by atoms with Crippen LogP contribution in [0.25, 0.3) is 5.69 Å². The van der Waals surface area contributed by atoms with Crippen LogP contribution in [0.1, 0.15) is 15.9 Å². The molecule has 0 fully saturated rings. The molecule has 0 radical (unpaired) electrons. The smallest absolute Gasteiger partial charge is 0.387 e. The minimum atomic E-state index is -2.99. The molecule has 0 unspecified atom stereocenters. The molecule has 134 valence electrons. The predicted octanol–water partition coefficient (Wildman–Crippen LogP) is 3.75. The van der Waals surface area contributed by atoms with E-state index in [1.165, 1.54) is 17.0 Å². The topological polar surface area (TPSA) is 47.4 Å². The zero-order valence-corrected chi connectivity index (χ0v) is 14.0. The predicted molar refractivity (Wildman–Crippen MR) is 92.4 cm³/mol. The van der Waals surface area contributed by atoms with Crippen molar-refractivity contribution < 1.29 is 18.3 Å². The van der Waals surface area contributed by atoms with Gasteiger partial charge in [0.05, 0.1) is 17.4 Å². The third-order valence-corrected chi connectivity index (χ3v) is 3.76. The summed E-state index contributed by atoms with van der Waals surface area (Å²) < 4.78 is 31.2. The first-order valence-corrected chi connectivity index (χ1v) is 7.93. The van der Waals surface area contributed by atoms with Gasteiger partial charge in [-0.25, -0.2) is 4.68 Å². The Bertz CT molecular complexity index is 881. The van der Waals surface area contributed by atoms with Crippen molar-refractivity contribution in [2.24, 2.45) is 0 Å². The lowest BCUT2D eigenvalue weighted by atomic mass is 10.1. The Morgan fingerprint density at radius 2 is 1.85 bits per heavy atom. The number of aromatic nitrogens is 2. The van der Waals surface area contributed by atoms with E-state index < -0.39 is 12.5 Å². The van der Waals surface area contributed by atoms with Gasteiger partial charge in [-0.1, -0.05) is 30.3 Å². The van der Waals surface area contributed by atoms with Crippen LogP contribution in [0.5, 0.6) is 5.75 Å². The number of halogens is 2. The first-order chi connectivity index (χ1) is 12.5. The molecule has 7 heteroatoms. The fraction of sp³-hybridized carbons (Fsp3) is 0.158. The van der Waals surface area contributed by atoms with Gasteiger partial charge in [0.2, 0.25) is 0 Å². The Hall–Kier alpha value is -3.22. The number of carbonyl (C=O) groups excluding carboxylic acids is 1. The maximum atomic E-state index is 12.6. The van der Waals surface area contributed by atoms with Gasteiger partial charge in [-0.05, 0) is 24.3 Å². The summed E-state index contributed by atoms with van der Waals surface area (Å²) in [5.41, 5.74) is 1.81. The molecular weight excluding hydrogens is 340 g/mol. The Morgan fingerprint density at radius 1 is 1.15 bits per heavy atom. The largest absolute Gasteiger partial charge is 0.434 e. The molecule has 0 saturated heterocycles. The van der Waals surface area contributed by atoms with Crippen molar-refractivity contribution in [2.75, 3.05) is 7.05 Å². The number of hydrogen-bond donors (Lipinski definition) is 0. The molecule has 3 aromatic rings. The van der Waals surface area contributed by atoms with Crippen LogP contribution in [0.15, 0.2) is 67.0 Å². The van der Waals surface area contributed by atoms with Crippen molar-refractivity contribution in [3.05, 3.63) is 78.1 Å². The summed E-state index contributed by atoms with van der Waals surface area (Å²) in [5.74, 6) is -0.548. The zero-order valence-electron chi connectivity index (χ0n) is 14.0. The number of nitrogens with zero attached hydrogens (tertiary/aromatic N) is 3. The van der Waals surface area contributed by atoms with Crippen molar-refractivity contribution in [2.45, 2.75) is 13.2 Å². The fourth-order valence-corrected chi connectivity index (χ4v) is 2.56. The van der Waals surface area contributed by atoms with Crippen LogP contribution in [-0.4, -0.2) is 34.2 Å². The van der Waals surface area contributed by atoms with E-state index in [-0.39, 0.29) is 17.9 Å². The molecular formula is C19H17F2N3O2. The number of carbonyl (C=O) groups is 1. The van der Waals surface area contributed by atoms with Gasteiger partial charge in [0.25, 0.3) is 5.91 Å². The van der Waals surface area contributed by atoms with Gasteiger partial charge in [0.15, 0.2) is 0 Å². The van der Waals surface area contributed by atoms with Gasteiger partial charge < -0.3 is 9.64 Å². The van der Waals surface area contributed by atoms with Gasteiger partial charge in [-0.2, -0.15) is 13.9 Å². The highest BCUT2D eigenvalue weighted by Crippen LogP contribution is 2.22. The van der Waals surface area contributed by atoms with Gasteiger partial charge in [0.1, 0.15) is 5.75 Å². The van der Waals surface area contributed by atoms with E-state index in [1.807, 2.05) is 36.5 Å². The standard InChI is InChI=1S/C19H17F2N3O2/c1-23(18(25)16-9-5-6-10-17(16)26-19(20)21)12-14-11-22-24(13-14)15-7-3-2-4-8-15/h2-11,13,19H,12H2,1H3. The molecule has 26 heavy (non-hydrogen) atoms. The van der Waals surface area contributed by atoms with E-state index in [4.69, 9.17) is 0 Å². The van der Waals surface area contributed by atoms with E-state index >= 15 is 0 Å². The second-order valence-electron chi connectivity index (χ2n) is 5.66. The van der Waals surface area contributed by atoms with Crippen LogP contribution < -0.4 is 4.74 Å². The second kappa shape index (κ2) is 7.77. The van der Waals surface area contributed by atoms with Crippen LogP contribution in [0, 0.1) is 0 Å². The molecule has 0 aliphatic carbocycles. The van der Waals surface area contributed by atoms with E-state index in [2.05, 4.69) is 9.84 Å². The van der Waals surface area contributed by atoms with Crippen LogP contribution in [0.4, 0.5) is 8.78 Å². The number of benzene rings is 2. The molecule has 3 rings (SSSR count). The summed E-state index contributed by atoms with van der Waals surface area (Å²) in [7, 11) is 1.60. The molecule has 0 N–H and O–H groups in total. The van der Waals surface area contributed by atoms with Gasteiger partial charge in [-0.15, -0.1) is 0 Å². The summed E-state index contributed by atoms with van der Waals surface area (Å²) >= 11 is 0. The SMILES string of the molecule is CN(Cc1cnn(-c2ccccc2)c1)C(=O)c1ccccc1OC(F)F. The summed E-state index contributed by atoms with van der Waals surface area (Å²) in [5, 5.41) is 4.28. The quantitative estimate of drug-likeness (QED) is 0.675. The zero-order chi connectivity index (χ0) is 18.5. The molecule has 0 spiro atoms. The van der Waals surface area contributed by atoms with Crippen molar-refractivity contribution in [3.8, 4) is 11.4 Å². The highest BCUT2D eigenvalue weighted by molar-refractivity contribution is 5.96. The highest BCUT2D eigenvalue weighted by atomic mass is 19.3. The monoisotopic (exact) mass is 357 g/mol. The first-order valence-electron chi connectivity index (χ1n) is 7.93. The molecule has 2 aromatic carbocycles. The number of para-hydroxylation sites is 2. The average molecular weight is 357 g/mol. The number of rotatable bonds is 6. The second-order valence-corrected chi connectivity index (χ2v) is 5.66. The number of amides is 1. The molecule has 0 aliphatic heterocycles. The average Bonchev–Trinajstić information content (AvgIpc) is 3.10. The molecule has 0 atom stereocenters. The van der Waals surface area contributed by atoms with Crippen molar-refractivity contribution in [1.29, 1.82) is 0 Å². The normalized spacial score (nSPS) is 10.8. The van der Waals surface area contributed by atoms with E-state index in [0.29, 0.717) is 0 Å². The molecule has 0 aliphatic rings. The Morgan fingerprint density at radius 3 is 2.58 bits per heavy atom. The summed E-state index contributed by atoms with van der Waals surface area (Å²) in [6, 6.07) is 15.5. The fourth-order valence-electron chi connectivity index (χ4n) is 2.56. The van der Waals surface area contributed by atoms with E-state index in [1.54, 1.807) is 30.1 Å². The molecule has 1 aromatic heterocycles. The third-order valence-electron chi connectivity index (χ3n) is 3.76. The minimum Gasteiger partial charge on any atom is -0.434 e. The van der Waals surface area contributed by atoms with Crippen LogP contribution in [-0.2, 0) is 6.54 Å². The van der Waals surface area contributed by atoms with Crippen molar-refractivity contribution in [3.63, 3.8) is 0 Å². The molecule has 0 bridgehead atoms. The van der Waals surface area contributed by atoms with Crippen molar-refractivity contribution >= 4 is 5.91 Å². The molecule has 1 heterocycles. The minimum absolute atomic E-state index is 0.0887. The lowest BCUT2D eigenvalue weighted by Crippen LogP contribution is -2.26. The lowest BCUT2D eigenvalue weighted by molar-refractivity contribution is -0.0502. The van der Waals surface area contributed by atoms with E-state index in [9.17, 15) is 13.6 Å². The van der Waals surface area contributed by atoms with Crippen LogP contribution in [0.3, 0.4) is 0 Å². The molecule has 1 amide bonds. The summed E-state index contributed by atoms with van der Waals surface area (Å²) in [6.45, 7) is -2.70. The van der Waals surface area contributed by atoms with Crippen LogP contribution >= 0.6 is 0 Å². The van der Waals surface area contributed by atoms with Gasteiger partial charge in [-0.3, -0.25) is 4.79 Å². The molecule has 0 saturated carbocycles. The van der Waals surface area contributed by atoms with Crippen LogP contribution in [0.2, 0.25) is 0 Å². The van der Waals surface area contributed by atoms with Gasteiger partial charge in [0, 0.05) is 25.4 Å². The summed E-state index contributed by atoms with van der Waals surface area (Å²) in [6.07, 6.45) is 3.49. The number of alkyl halides is 2. The molecule has 5 nitrogen and oxygen atoms in total. The lowest BCUT2D eigenvalue weighted by Gasteiger charge is -2.18. The first kappa shape index (κ1) is 17.6. The highest BCUT2D eigenvalue weighted by Gasteiger charge is 2.19. The maximum absolute atomic E-state index is 12.6. The Kier molecular flexibility index (Phi) is 5.26. The number of hydrogen-bond acceptors (Lipinski definition) is 3. The van der Waals surface area contributed by atoms with E-state index in [0.717, 1.165) is 11.3 Å². The maximum Gasteiger partial charge on any atom is 0.387 e. The number of ether oxygens (including phenoxy) is 1. The summed E-state index contributed by atoms with van der Waals surface area (Å²) in [4.78, 5) is 14.0. The Labute approximate surface area is 149 Å². The Balaban J connectivity index is 1.74. The van der Waals surface area contributed by atoms with Gasteiger partial charge >= 0.3 is 6.61 Å².